The Morgan fingerprint density at radius 3 is 2.15 bits per heavy atom. The van der Waals surface area contributed by atoms with Crippen molar-refractivity contribution in [3.63, 3.8) is 0 Å². The van der Waals surface area contributed by atoms with Crippen LogP contribution in [0.25, 0.3) is 0 Å². The summed E-state index contributed by atoms with van der Waals surface area (Å²) in [5, 5.41) is 6.42. The molecule has 2 N–H and O–H groups in total. The molecule has 0 amide bonds. The minimum absolute atomic E-state index is 0. The lowest BCUT2D eigenvalue weighted by molar-refractivity contribution is -0.143. The SMILES string of the molecule is CN=C(NCCCN(C)CC(F)(F)F)NCCCN1CCCCCC1.I. The molecular weight excluding hydrogens is 458 g/mol. The molecule has 0 radical (unpaired) electrons. The Bertz CT molecular complexity index is 372. The molecule has 9 heteroatoms. The molecule has 1 aliphatic rings. The fourth-order valence-electron chi connectivity index (χ4n) is 3.03. The second kappa shape index (κ2) is 14.7. The number of likely N-dealkylation sites (tertiary alicyclic amines) is 1. The van der Waals surface area contributed by atoms with Gasteiger partial charge in [0.05, 0.1) is 6.54 Å². The minimum atomic E-state index is -4.13. The highest BCUT2D eigenvalue weighted by Gasteiger charge is 2.28. The Morgan fingerprint density at radius 1 is 1.04 bits per heavy atom. The molecule has 5 nitrogen and oxygen atoms in total. The Labute approximate surface area is 173 Å². The van der Waals surface area contributed by atoms with Crippen LogP contribution in [0.1, 0.15) is 38.5 Å². The third kappa shape index (κ3) is 13.9. The van der Waals surface area contributed by atoms with E-state index in [0.717, 1.165) is 19.5 Å². The van der Waals surface area contributed by atoms with Crippen LogP contribution >= 0.6 is 24.0 Å². The number of guanidine groups is 1. The van der Waals surface area contributed by atoms with Gasteiger partial charge in [0.25, 0.3) is 0 Å². The molecular formula is C17H35F3IN5. The number of halogens is 4. The van der Waals surface area contributed by atoms with E-state index in [4.69, 9.17) is 0 Å². The molecule has 1 saturated heterocycles. The Balaban J connectivity index is 0.00000625. The summed E-state index contributed by atoms with van der Waals surface area (Å²) in [7, 11) is 3.20. The second-order valence-electron chi connectivity index (χ2n) is 6.74. The predicted molar refractivity (Wildman–Crippen MR) is 112 cm³/mol. The largest absolute Gasteiger partial charge is 0.401 e. The van der Waals surface area contributed by atoms with Gasteiger partial charge in [0.2, 0.25) is 0 Å². The van der Waals surface area contributed by atoms with Crippen molar-refractivity contribution in [1.82, 2.24) is 20.4 Å². The predicted octanol–water partition coefficient (Wildman–Crippen LogP) is 2.92. The minimum Gasteiger partial charge on any atom is -0.356 e. The topological polar surface area (TPSA) is 42.9 Å². The molecule has 0 unspecified atom stereocenters. The standard InChI is InChI=1S/C17H34F3N5.HI/c1-21-16(22-9-7-11-24(2)15-17(18,19)20)23-10-8-14-25-12-5-3-4-6-13-25;/h3-15H2,1-2H3,(H2,21,22,23);1H. The van der Waals surface area contributed by atoms with E-state index in [9.17, 15) is 13.2 Å². The van der Waals surface area contributed by atoms with Crippen LogP contribution in [-0.4, -0.2) is 81.8 Å². The van der Waals surface area contributed by atoms with Crippen molar-refractivity contribution in [3.8, 4) is 0 Å². The van der Waals surface area contributed by atoms with Crippen molar-refractivity contribution in [2.75, 3.05) is 59.9 Å². The Morgan fingerprint density at radius 2 is 1.62 bits per heavy atom. The highest BCUT2D eigenvalue weighted by atomic mass is 127. The van der Waals surface area contributed by atoms with E-state index in [-0.39, 0.29) is 24.0 Å². The van der Waals surface area contributed by atoms with Crippen molar-refractivity contribution in [2.24, 2.45) is 4.99 Å². The first kappa shape index (κ1) is 25.7. The van der Waals surface area contributed by atoms with E-state index >= 15 is 0 Å². The van der Waals surface area contributed by atoms with Crippen LogP contribution < -0.4 is 10.6 Å². The van der Waals surface area contributed by atoms with E-state index in [1.165, 1.54) is 50.7 Å². The summed E-state index contributed by atoms with van der Waals surface area (Å²) in [6.07, 6.45) is 2.88. The van der Waals surface area contributed by atoms with Gasteiger partial charge in [0.15, 0.2) is 5.96 Å². The molecule has 26 heavy (non-hydrogen) atoms. The van der Waals surface area contributed by atoms with Crippen LogP contribution in [0.2, 0.25) is 0 Å². The number of aliphatic imine (C=N–C) groups is 1. The lowest BCUT2D eigenvalue weighted by Crippen LogP contribution is -2.40. The molecule has 1 aliphatic heterocycles. The zero-order valence-electron chi connectivity index (χ0n) is 16.1. The summed E-state index contributed by atoms with van der Waals surface area (Å²) in [4.78, 5) is 7.97. The van der Waals surface area contributed by atoms with Crippen LogP contribution in [-0.2, 0) is 0 Å². The first-order chi connectivity index (χ1) is 11.9. The number of rotatable bonds is 9. The Kier molecular flexibility index (Phi) is 14.6. The highest BCUT2D eigenvalue weighted by Crippen LogP contribution is 2.15. The van der Waals surface area contributed by atoms with Crippen molar-refractivity contribution in [1.29, 1.82) is 0 Å². The first-order valence-corrected chi connectivity index (χ1v) is 9.33. The maximum atomic E-state index is 12.2. The van der Waals surface area contributed by atoms with E-state index in [1.807, 2.05) is 0 Å². The molecule has 0 bridgehead atoms. The maximum Gasteiger partial charge on any atom is 0.401 e. The monoisotopic (exact) mass is 493 g/mol. The van der Waals surface area contributed by atoms with Crippen LogP contribution in [0.3, 0.4) is 0 Å². The summed E-state index contributed by atoms with van der Waals surface area (Å²) < 4.78 is 36.7. The first-order valence-electron chi connectivity index (χ1n) is 9.33. The van der Waals surface area contributed by atoms with Gasteiger partial charge in [-0.3, -0.25) is 9.89 Å². The van der Waals surface area contributed by atoms with Gasteiger partial charge in [-0.2, -0.15) is 13.2 Å². The quantitative estimate of drug-likeness (QED) is 0.225. The smallest absolute Gasteiger partial charge is 0.356 e. The lowest BCUT2D eigenvalue weighted by Gasteiger charge is -2.20. The summed E-state index contributed by atoms with van der Waals surface area (Å²) in [5.74, 6) is 0.717. The summed E-state index contributed by atoms with van der Waals surface area (Å²) in [6, 6.07) is 0. The third-order valence-corrected chi connectivity index (χ3v) is 4.32. The average molecular weight is 493 g/mol. The van der Waals surface area contributed by atoms with E-state index in [2.05, 4.69) is 20.5 Å². The fourth-order valence-corrected chi connectivity index (χ4v) is 3.03. The van der Waals surface area contributed by atoms with Gasteiger partial charge in [-0.25, -0.2) is 0 Å². The molecule has 1 fully saturated rings. The van der Waals surface area contributed by atoms with Gasteiger partial charge < -0.3 is 15.5 Å². The molecule has 1 heterocycles. The van der Waals surface area contributed by atoms with Crippen LogP contribution in [0, 0.1) is 0 Å². The molecule has 0 aromatic rings. The van der Waals surface area contributed by atoms with Crippen molar-refractivity contribution in [2.45, 2.75) is 44.7 Å². The zero-order chi connectivity index (χ0) is 18.5. The number of hydrogen-bond acceptors (Lipinski definition) is 3. The van der Waals surface area contributed by atoms with Crippen molar-refractivity contribution >= 4 is 29.9 Å². The highest BCUT2D eigenvalue weighted by molar-refractivity contribution is 14.0. The number of nitrogens with zero attached hydrogens (tertiary/aromatic N) is 3. The van der Waals surface area contributed by atoms with E-state index in [0.29, 0.717) is 25.5 Å². The van der Waals surface area contributed by atoms with Gasteiger partial charge in [0.1, 0.15) is 0 Å². The van der Waals surface area contributed by atoms with Crippen molar-refractivity contribution in [3.05, 3.63) is 0 Å². The van der Waals surface area contributed by atoms with Crippen molar-refractivity contribution < 1.29 is 13.2 Å². The Hall–Kier alpha value is -0.290. The number of nitrogens with one attached hydrogen (secondary N) is 2. The van der Waals surface area contributed by atoms with Crippen LogP contribution in [0.5, 0.6) is 0 Å². The molecule has 0 atom stereocenters. The van der Waals surface area contributed by atoms with E-state index < -0.39 is 12.7 Å². The van der Waals surface area contributed by atoms with Crippen LogP contribution in [0.15, 0.2) is 4.99 Å². The number of hydrogen-bond donors (Lipinski definition) is 2. The molecule has 0 aromatic heterocycles. The van der Waals surface area contributed by atoms with Gasteiger partial charge >= 0.3 is 6.18 Å². The van der Waals surface area contributed by atoms with Gasteiger partial charge in [-0.05, 0) is 58.9 Å². The lowest BCUT2D eigenvalue weighted by atomic mass is 10.2. The average Bonchev–Trinajstić information content (AvgIpc) is 2.80. The summed E-state index contributed by atoms with van der Waals surface area (Å²) >= 11 is 0. The third-order valence-electron chi connectivity index (χ3n) is 4.32. The van der Waals surface area contributed by atoms with Gasteiger partial charge in [-0.15, -0.1) is 24.0 Å². The van der Waals surface area contributed by atoms with Gasteiger partial charge in [0, 0.05) is 20.1 Å². The molecule has 0 aromatic carbocycles. The molecule has 0 spiro atoms. The van der Waals surface area contributed by atoms with Gasteiger partial charge in [-0.1, -0.05) is 12.8 Å². The van der Waals surface area contributed by atoms with Crippen LogP contribution in [0.4, 0.5) is 13.2 Å². The zero-order valence-corrected chi connectivity index (χ0v) is 18.4. The fraction of sp³-hybridized carbons (Fsp3) is 0.941. The normalized spacial score (nSPS) is 16.9. The molecule has 156 valence electrons. The second-order valence-corrected chi connectivity index (χ2v) is 6.74. The molecule has 0 saturated carbocycles. The number of alkyl halides is 3. The summed E-state index contributed by atoms with van der Waals surface area (Å²) in [6.45, 7) is 4.51. The maximum absolute atomic E-state index is 12.2. The summed E-state index contributed by atoms with van der Waals surface area (Å²) in [5.41, 5.74) is 0. The molecule has 0 aliphatic carbocycles. The van der Waals surface area contributed by atoms with E-state index in [1.54, 1.807) is 7.05 Å². The molecule has 1 rings (SSSR count).